The van der Waals surface area contributed by atoms with Crippen molar-refractivity contribution < 1.29 is 27.1 Å². The van der Waals surface area contributed by atoms with E-state index in [1.54, 1.807) is 12.1 Å². The van der Waals surface area contributed by atoms with E-state index in [1.807, 2.05) is 0 Å². The number of rotatable bonds is 6. The molecular formula is C20H23FN2O5S. The minimum atomic E-state index is -3.72. The molecule has 0 bridgehead atoms. The number of anilines is 1. The quantitative estimate of drug-likeness (QED) is 0.741. The van der Waals surface area contributed by atoms with Gasteiger partial charge in [-0.3, -0.25) is 5.32 Å². The molecule has 1 saturated carbocycles. The Kier molecular flexibility index (Phi) is 6.71. The number of carbonyl (C=O) groups is 1. The van der Waals surface area contributed by atoms with Gasteiger partial charge in [0.05, 0.1) is 12.0 Å². The molecule has 0 heterocycles. The summed E-state index contributed by atoms with van der Waals surface area (Å²) in [7, 11) is -2.25. The fourth-order valence-electron chi connectivity index (χ4n) is 3.25. The lowest BCUT2D eigenvalue weighted by atomic mass is 9.94. The number of benzene rings is 2. The van der Waals surface area contributed by atoms with Crippen molar-refractivity contribution in [2.75, 3.05) is 12.4 Å². The Bertz CT molecular complexity index is 950. The number of methoxy groups -OCH3 is 1. The first-order valence-electron chi connectivity index (χ1n) is 9.25. The maximum absolute atomic E-state index is 12.9. The van der Waals surface area contributed by atoms with E-state index < -0.39 is 28.0 Å². The maximum atomic E-state index is 12.9. The Morgan fingerprint density at radius 3 is 2.62 bits per heavy atom. The van der Waals surface area contributed by atoms with Crippen LogP contribution in [-0.2, 0) is 14.8 Å². The smallest absolute Gasteiger partial charge is 0.411 e. The van der Waals surface area contributed by atoms with Crippen LogP contribution >= 0.6 is 0 Å². The summed E-state index contributed by atoms with van der Waals surface area (Å²) in [5, 5.41) is 2.54. The zero-order valence-corrected chi connectivity index (χ0v) is 16.7. The number of sulfonamides is 1. The van der Waals surface area contributed by atoms with Gasteiger partial charge in [-0.1, -0.05) is 6.07 Å². The number of nitrogens with one attached hydrogen (secondary N) is 2. The SMILES string of the molecule is COc1cccc(S(=O)(=O)NC2CCCC(OC(=O)Nc3ccc(F)cc3)C2)c1. The third kappa shape index (κ3) is 5.91. The number of hydrogen-bond acceptors (Lipinski definition) is 5. The summed E-state index contributed by atoms with van der Waals surface area (Å²) in [4.78, 5) is 12.2. The third-order valence-electron chi connectivity index (χ3n) is 4.66. The number of carbonyl (C=O) groups excluding carboxylic acids is 1. The van der Waals surface area contributed by atoms with Gasteiger partial charge in [0, 0.05) is 24.2 Å². The minimum Gasteiger partial charge on any atom is -0.497 e. The molecule has 2 N–H and O–H groups in total. The van der Waals surface area contributed by atoms with Crippen molar-refractivity contribution in [3.8, 4) is 5.75 Å². The van der Waals surface area contributed by atoms with Crippen molar-refractivity contribution >= 4 is 21.8 Å². The van der Waals surface area contributed by atoms with Crippen molar-refractivity contribution in [2.45, 2.75) is 42.7 Å². The van der Waals surface area contributed by atoms with Crippen LogP contribution in [0, 0.1) is 5.82 Å². The zero-order chi connectivity index (χ0) is 20.9. The molecule has 29 heavy (non-hydrogen) atoms. The van der Waals surface area contributed by atoms with Crippen LogP contribution in [-0.4, -0.2) is 33.8 Å². The van der Waals surface area contributed by atoms with Gasteiger partial charge in [0.15, 0.2) is 0 Å². The predicted molar refractivity (Wildman–Crippen MR) is 106 cm³/mol. The van der Waals surface area contributed by atoms with Crippen molar-refractivity contribution in [1.82, 2.24) is 4.72 Å². The molecule has 1 fully saturated rings. The fourth-order valence-corrected chi connectivity index (χ4v) is 4.56. The number of hydrogen-bond donors (Lipinski definition) is 2. The summed E-state index contributed by atoms with van der Waals surface area (Å²) in [6, 6.07) is 11.2. The Morgan fingerprint density at radius 1 is 1.14 bits per heavy atom. The molecule has 0 radical (unpaired) electrons. The molecule has 2 aromatic carbocycles. The van der Waals surface area contributed by atoms with E-state index in [1.165, 1.54) is 43.5 Å². The van der Waals surface area contributed by atoms with Gasteiger partial charge < -0.3 is 9.47 Å². The highest BCUT2D eigenvalue weighted by Gasteiger charge is 2.28. The molecule has 0 aromatic heterocycles. The molecule has 0 aliphatic heterocycles. The zero-order valence-electron chi connectivity index (χ0n) is 15.9. The topological polar surface area (TPSA) is 93.7 Å². The highest BCUT2D eigenvalue weighted by molar-refractivity contribution is 7.89. The van der Waals surface area contributed by atoms with E-state index in [9.17, 15) is 17.6 Å². The first-order valence-corrected chi connectivity index (χ1v) is 10.7. The molecule has 156 valence electrons. The second kappa shape index (κ2) is 9.23. The molecular weight excluding hydrogens is 399 g/mol. The highest BCUT2D eigenvalue weighted by Crippen LogP contribution is 2.24. The molecule has 2 atom stereocenters. The van der Waals surface area contributed by atoms with Crippen molar-refractivity contribution in [3.05, 3.63) is 54.3 Å². The summed E-state index contributed by atoms with van der Waals surface area (Å²) in [6.45, 7) is 0. The van der Waals surface area contributed by atoms with Gasteiger partial charge >= 0.3 is 6.09 Å². The maximum Gasteiger partial charge on any atom is 0.411 e. The molecule has 7 nitrogen and oxygen atoms in total. The van der Waals surface area contributed by atoms with Gasteiger partial charge in [0.25, 0.3) is 0 Å². The second-order valence-electron chi connectivity index (χ2n) is 6.82. The molecule has 3 rings (SSSR count). The minimum absolute atomic E-state index is 0.119. The summed E-state index contributed by atoms with van der Waals surface area (Å²) in [5.41, 5.74) is 0.419. The van der Waals surface area contributed by atoms with Crippen LogP contribution < -0.4 is 14.8 Å². The van der Waals surface area contributed by atoms with Gasteiger partial charge in [-0.25, -0.2) is 22.3 Å². The average molecular weight is 422 g/mol. The average Bonchev–Trinajstić information content (AvgIpc) is 2.69. The van der Waals surface area contributed by atoms with Crippen LogP contribution in [0.15, 0.2) is 53.4 Å². The normalized spacial score (nSPS) is 19.4. The Morgan fingerprint density at radius 2 is 1.90 bits per heavy atom. The molecule has 9 heteroatoms. The van der Waals surface area contributed by atoms with Gasteiger partial charge in [0.1, 0.15) is 17.7 Å². The van der Waals surface area contributed by atoms with Crippen LogP contribution in [0.1, 0.15) is 25.7 Å². The van der Waals surface area contributed by atoms with Gasteiger partial charge in [-0.05, 0) is 55.7 Å². The molecule has 1 aliphatic rings. The van der Waals surface area contributed by atoms with Crippen LogP contribution in [0.2, 0.25) is 0 Å². The van der Waals surface area contributed by atoms with E-state index in [4.69, 9.17) is 9.47 Å². The first-order chi connectivity index (χ1) is 13.9. The third-order valence-corrected chi connectivity index (χ3v) is 6.18. The predicted octanol–water partition coefficient (Wildman–Crippen LogP) is 3.67. The van der Waals surface area contributed by atoms with Crippen LogP contribution in [0.4, 0.5) is 14.9 Å². The molecule has 2 unspecified atom stereocenters. The molecule has 2 aromatic rings. The van der Waals surface area contributed by atoms with E-state index in [2.05, 4.69) is 10.0 Å². The summed E-state index contributed by atoms with van der Waals surface area (Å²) >= 11 is 0. The number of ether oxygens (including phenoxy) is 2. The molecule has 1 aliphatic carbocycles. The lowest BCUT2D eigenvalue weighted by Crippen LogP contribution is -2.41. The van der Waals surface area contributed by atoms with Crippen LogP contribution in [0.25, 0.3) is 0 Å². The van der Waals surface area contributed by atoms with Gasteiger partial charge in [-0.15, -0.1) is 0 Å². The fraction of sp³-hybridized carbons (Fsp3) is 0.350. The van der Waals surface area contributed by atoms with Crippen LogP contribution in [0.5, 0.6) is 5.75 Å². The standard InChI is InChI=1S/C20H23FN2O5S/c1-27-17-5-3-7-19(13-17)29(25,26)23-16-4-2-6-18(12-16)28-20(24)22-15-10-8-14(21)9-11-15/h3,5,7-11,13,16,18,23H,2,4,6,12H2,1H3,(H,22,24). The first kappa shape index (κ1) is 21.1. The Balaban J connectivity index is 1.57. The van der Waals surface area contributed by atoms with Crippen molar-refractivity contribution in [2.24, 2.45) is 0 Å². The molecule has 0 spiro atoms. The van der Waals surface area contributed by atoms with Crippen molar-refractivity contribution in [3.63, 3.8) is 0 Å². The lowest BCUT2D eigenvalue weighted by molar-refractivity contribution is 0.0793. The van der Waals surface area contributed by atoms with Crippen molar-refractivity contribution in [1.29, 1.82) is 0 Å². The van der Waals surface area contributed by atoms with Crippen LogP contribution in [0.3, 0.4) is 0 Å². The Hall–Kier alpha value is -2.65. The Labute approximate surface area is 169 Å². The molecule has 1 amide bonds. The van der Waals surface area contributed by atoms with E-state index in [-0.39, 0.29) is 10.9 Å². The monoisotopic (exact) mass is 422 g/mol. The largest absolute Gasteiger partial charge is 0.497 e. The highest BCUT2D eigenvalue weighted by atomic mass is 32.2. The van der Waals surface area contributed by atoms with Gasteiger partial charge in [0.2, 0.25) is 10.0 Å². The number of amides is 1. The van der Waals surface area contributed by atoms with Gasteiger partial charge in [-0.2, -0.15) is 0 Å². The lowest BCUT2D eigenvalue weighted by Gasteiger charge is -2.29. The van der Waals surface area contributed by atoms with E-state index >= 15 is 0 Å². The van der Waals surface area contributed by atoms with E-state index in [0.29, 0.717) is 30.7 Å². The van der Waals surface area contributed by atoms with E-state index in [0.717, 1.165) is 6.42 Å². The molecule has 0 saturated heterocycles. The summed E-state index contributed by atoms with van der Waals surface area (Å²) in [5.74, 6) is 0.0533. The summed E-state index contributed by atoms with van der Waals surface area (Å²) < 4.78 is 51.4. The second-order valence-corrected chi connectivity index (χ2v) is 8.54. The summed E-state index contributed by atoms with van der Waals surface area (Å²) in [6.07, 6.45) is 1.33. The number of halogens is 1.